The maximum atomic E-state index is 4.20. The van der Waals surface area contributed by atoms with Crippen molar-refractivity contribution < 1.29 is 0 Å². The van der Waals surface area contributed by atoms with Crippen molar-refractivity contribution in [3.8, 4) is 11.3 Å². The first-order valence-corrected chi connectivity index (χ1v) is 4.55. The van der Waals surface area contributed by atoms with Gasteiger partial charge in [-0.05, 0) is 12.1 Å². The largest absolute Gasteiger partial charge is 0.370 e. The fourth-order valence-electron chi connectivity index (χ4n) is 1.05. The normalized spacial score (nSPS) is 9.92. The lowest BCUT2D eigenvalue weighted by Gasteiger charge is -1.98. The number of pyridine rings is 1. The van der Waals surface area contributed by atoms with E-state index >= 15 is 0 Å². The van der Waals surface area contributed by atoms with E-state index in [2.05, 4.69) is 19.0 Å². The van der Waals surface area contributed by atoms with Crippen molar-refractivity contribution >= 4 is 17.5 Å². The molecule has 0 fully saturated rings. The van der Waals surface area contributed by atoms with Crippen LogP contribution in [0, 0.1) is 0 Å². The number of nitrogens with one attached hydrogen (secondary N) is 1. The molecule has 0 atom stereocenters. The van der Waals surface area contributed by atoms with Gasteiger partial charge in [0.2, 0.25) is 0 Å². The molecule has 2 heterocycles. The van der Waals surface area contributed by atoms with Crippen LogP contribution in [0.5, 0.6) is 0 Å². The first kappa shape index (κ1) is 8.12. The van der Waals surface area contributed by atoms with Crippen molar-refractivity contribution in [1.82, 2.24) is 13.7 Å². The van der Waals surface area contributed by atoms with E-state index in [1.165, 1.54) is 11.7 Å². The van der Waals surface area contributed by atoms with E-state index < -0.39 is 0 Å². The zero-order valence-corrected chi connectivity index (χ0v) is 7.88. The second-order valence-electron chi connectivity index (χ2n) is 2.45. The summed E-state index contributed by atoms with van der Waals surface area (Å²) in [4.78, 5) is 3.95. The summed E-state index contributed by atoms with van der Waals surface area (Å²) in [5, 5.41) is 2.99. The summed E-state index contributed by atoms with van der Waals surface area (Å²) in [6, 6.07) is 3.83. The maximum absolute atomic E-state index is 4.20. The highest BCUT2D eigenvalue weighted by Gasteiger charge is 2.07. The molecule has 0 amide bonds. The lowest BCUT2D eigenvalue weighted by Crippen LogP contribution is -1.90. The summed E-state index contributed by atoms with van der Waals surface area (Å²) >= 11 is 1.20. The van der Waals surface area contributed by atoms with Gasteiger partial charge in [0, 0.05) is 25.0 Å². The van der Waals surface area contributed by atoms with E-state index in [1.807, 2.05) is 19.2 Å². The quantitative estimate of drug-likeness (QED) is 0.786. The number of anilines is 1. The molecule has 0 saturated carbocycles. The van der Waals surface area contributed by atoms with Gasteiger partial charge in [-0.2, -0.15) is 8.75 Å². The second-order valence-corrected chi connectivity index (χ2v) is 2.98. The molecule has 0 aliphatic rings. The number of rotatable bonds is 2. The van der Waals surface area contributed by atoms with Gasteiger partial charge in [0.05, 0.1) is 11.7 Å². The van der Waals surface area contributed by atoms with Gasteiger partial charge in [0.15, 0.2) is 5.82 Å². The van der Waals surface area contributed by atoms with Gasteiger partial charge in [-0.15, -0.1) is 0 Å². The van der Waals surface area contributed by atoms with Gasteiger partial charge >= 0.3 is 0 Å². The zero-order chi connectivity index (χ0) is 9.10. The van der Waals surface area contributed by atoms with Crippen LogP contribution in [0.1, 0.15) is 0 Å². The Morgan fingerprint density at radius 2 is 2.00 bits per heavy atom. The van der Waals surface area contributed by atoms with Crippen LogP contribution in [0.2, 0.25) is 0 Å². The van der Waals surface area contributed by atoms with Gasteiger partial charge in [-0.25, -0.2) is 0 Å². The number of aromatic nitrogens is 3. The van der Waals surface area contributed by atoms with Crippen molar-refractivity contribution in [1.29, 1.82) is 0 Å². The first-order chi connectivity index (χ1) is 6.42. The van der Waals surface area contributed by atoms with Crippen LogP contribution in [0.3, 0.4) is 0 Å². The Hall–Kier alpha value is -1.49. The van der Waals surface area contributed by atoms with Crippen molar-refractivity contribution in [3.05, 3.63) is 24.5 Å². The summed E-state index contributed by atoms with van der Waals surface area (Å²) in [5.41, 5.74) is 1.92. The van der Waals surface area contributed by atoms with Crippen LogP contribution in [0.15, 0.2) is 24.5 Å². The van der Waals surface area contributed by atoms with E-state index in [1.54, 1.807) is 12.4 Å². The second kappa shape index (κ2) is 3.49. The van der Waals surface area contributed by atoms with Gasteiger partial charge < -0.3 is 5.32 Å². The van der Waals surface area contributed by atoms with Crippen LogP contribution in [0.25, 0.3) is 11.3 Å². The SMILES string of the molecule is CNc1nsnc1-c1ccncc1. The Bertz CT molecular complexity index is 384. The van der Waals surface area contributed by atoms with Crippen molar-refractivity contribution in [2.45, 2.75) is 0 Å². The van der Waals surface area contributed by atoms with E-state index in [-0.39, 0.29) is 0 Å². The van der Waals surface area contributed by atoms with Gasteiger partial charge in [0.25, 0.3) is 0 Å². The molecule has 0 aromatic carbocycles. The smallest absolute Gasteiger partial charge is 0.167 e. The lowest BCUT2D eigenvalue weighted by atomic mass is 10.2. The van der Waals surface area contributed by atoms with Gasteiger partial charge in [0.1, 0.15) is 5.69 Å². The molecule has 13 heavy (non-hydrogen) atoms. The van der Waals surface area contributed by atoms with Gasteiger partial charge in [-0.3, -0.25) is 4.98 Å². The molecule has 0 aliphatic heterocycles. The first-order valence-electron chi connectivity index (χ1n) is 3.82. The predicted molar refractivity (Wildman–Crippen MR) is 52.7 cm³/mol. The average molecular weight is 192 g/mol. The topological polar surface area (TPSA) is 50.7 Å². The number of hydrogen-bond acceptors (Lipinski definition) is 5. The molecule has 0 spiro atoms. The zero-order valence-electron chi connectivity index (χ0n) is 7.06. The molecule has 5 heteroatoms. The third kappa shape index (κ3) is 1.50. The predicted octanol–water partition coefficient (Wildman–Crippen LogP) is 1.64. The fourth-order valence-corrected chi connectivity index (χ4v) is 1.63. The molecular formula is C8H8N4S. The highest BCUT2D eigenvalue weighted by Crippen LogP contribution is 2.24. The summed E-state index contributed by atoms with van der Waals surface area (Å²) < 4.78 is 8.31. The van der Waals surface area contributed by atoms with E-state index in [9.17, 15) is 0 Å². The van der Waals surface area contributed by atoms with Crippen molar-refractivity contribution in [3.63, 3.8) is 0 Å². The van der Waals surface area contributed by atoms with Crippen LogP contribution < -0.4 is 5.32 Å². The van der Waals surface area contributed by atoms with Crippen LogP contribution in [0.4, 0.5) is 5.82 Å². The third-order valence-corrected chi connectivity index (χ3v) is 2.21. The number of hydrogen-bond donors (Lipinski definition) is 1. The third-order valence-electron chi connectivity index (χ3n) is 1.68. The Morgan fingerprint density at radius 1 is 1.23 bits per heavy atom. The van der Waals surface area contributed by atoms with Crippen molar-refractivity contribution in [2.24, 2.45) is 0 Å². The van der Waals surface area contributed by atoms with Crippen molar-refractivity contribution in [2.75, 3.05) is 12.4 Å². The Labute approximate surface area is 80.0 Å². The molecular weight excluding hydrogens is 184 g/mol. The summed E-state index contributed by atoms with van der Waals surface area (Å²) in [6.45, 7) is 0. The summed E-state index contributed by atoms with van der Waals surface area (Å²) in [6.07, 6.45) is 3.49. The fraction of sp³-hybridized carbons (Fsp3) is 0.125. The van der Waals surface area contributed by atoms with Crippen LogP contribution in [-0.2, 0) is 0 Å². The summed E-state index contributed by atoms with van der Waals surface area (Å²) in [7, 11) is 1.83. The molecule has 0 radical (unpaired) electrons. The molecule has 2 aromatic rings. The average Bonchev–Trinajstić information content (AvgIpc) is 2.67. The molecule has 1 N–H and O–H groups in total. The molecule has 0 bridgehead atoms. The minimum Gasteiger partial charge on any atom is -0.370 e. The molecule has 0 unspecified atom stereocenters. The minimum absolute atomic E-state index is 0.816. The molecule has 0 saturated heterocycles. The van der Waals surface area contributed by atoms with Crippen LogP contribution in [-0.4, -0.2) is 20.8 Å². The summed E-state index contributed by atoms with van der Waals surface area (Å²) in [5.74, 6) is 0.816. The molecule has 0 aliphatic carbocycles. The molecule has 2 rings (SSSR count). The maximum Gasteiger partial charge on any atom is 0.167 e. The van der Waals surface area contributed by atoms with E-state index in [0.29, 0.717) is 0 Å². The molecule has 4 nitrogen and oxygen atoms in total. The lowest BCUT2D eigenvalue weighted by molar-refractivity contribution is 1.32. The number of nitrogens with zero attached hydrogens (tertiary/aromatic N) is 3. The van der Waals surface area contributed by atoms with Crippen LogP contribution >= 0.6 is 11.7 Å². The van der Waals surface area contributed by atoms with E-state index in [4.69, 9.17) is 0 Å². The molecule has 2 aromatic heterocycles. The highest BCUT2D eigenvalue weighted by atomic mass is 32.1. The van der Waals surface area contributed by atoms with Gasteiger partial charge in [-0.1, -0.05) is 0 Å². The molecule has 66 valence electrons. The Kier molecular flexibility index (Phi) is 2.18. The monoisotopic (exact) mass is 192 g/mol. The Morgan fingerprint density at radius 3 is 2.69 bits per heavy atom. The highest BCUT2D eigenvalue weighted by molar-refractivity contribution is 6.99. The Balaban J connectivity index is 2.47. The standard InChI is InChI=1S/C8H8N4S/c1-9-8-7(11-13-12-8)6-2-4-10-5-3-6/h2-5H,1H3,(H,9,12). The van der Waals surface area contributed by atoms with E-state index in [0.717, 1.165) is 17.1 Å². The minimum atomic E-state index is 0.816.